The molecule has 2 aromatic heterocycles. The number of benzene rings is 1. The van der Waals surface area contributed by atoms with E-state index in [1.165, 1.54) is 4.90 Å². The van der Waals surface area contributed by atoms with E-state index < -0.39 is 0 Å². The van der Waals surface area contributed by atoms with Gasteiger partial charge in [-0.1, -0.05) is 6.07 Å². The van der Waals surface area contributed by atoms with Crippen molar-refractivity contribution in [2.45, 2.75) is 6.92 Å². The third-order valence-electron chi connectivity index (χ3n) is 5.68. The molecule has 1 aliphatic heterocycles. The molecule has 9 heteroatoms. The SMILES string of the molecule is CC1=C(C(=O)Nc2ccc(N(C)C)nc2)c2cc(-c3cncc(NC(=O)N(C)C)c3)ccc2NC1. The third-order valence-corrected chi connectivity index (χ3v) is 5.68. The standard InChI is InChI=1S/C26H29N7O2/c1-16-12-28-22-8-6-17(18-10-20(14-27-13-18)31-26(35)33(4)5)11-21(22)24(16)25(34)30-19-7-9-23(29-15-19)32(2)3/h6-11,13-15,28H,12H2,1-5H3,(H,30,34)(H,31,35). The van der Waals surface area contributed by atoms with Gasteiger partial charge in [0, 0.05) is 63.3 Å². The van der Waals surface area contributed by atoms with Crippen LogP contribution in [0, 0.1) is 0 Å². The van der Waals surface area contributed by atoms with Crippen molar-refractivity contribution in [3.8, 4) is 11.1 Å². The van der Waals surface area contributed by atoms with Gasteiger partial charge in [0.25, 0.3) is 5.91 Å². The van der Waals surface area contributed by atoms with Gasteiger partial charge < -0.3 is 25.8 Å². The van der Waals surface area contributed by atoms with Crippen molar-refractivity contribution in [1.82, 2.24) is 14.9 Å². The van der Waals surface area contributed by atoms with Crippen molar-refractivity contribution in [3.05, 3.63) is 66.1 Å². The molecule has 1 aliphatic rings. The van der Waals surface area contributed by atoms with E-state index in [0.717, 1.165) is 33.8 Å². The molecule has 180 valence electrons. The van der Waals surface area contributed by atoms with Gasteiger partial charge in [0.05, 0.1) is 23.8 Å². The van der Waals surface area contributed by atoms with Crippen molar-refractivity contribution in [2.24, 2.45) is 0 Å². The number of carbonyl (C=O) groups is 2. The van der Waals surface area contributed by atoms with Crippen molar-refractivity contribution in [1.29, 1.82) is 0 Å². The number of hydrogen-bond donors (Lipinski definition) is 3. The molecule has 0 fully saturated rings. The highest BCUT2D eigenvalue weighted by Crippen LogP contribution is 2.35. The minimum Gasteiger partial charge on any atom is -0.381 e. The number of urea groups is 1. The molecule has 9 nitrogen and oxygen atoms in total. The maximum atomic E-state index is 13.3. The van der Waals surface area contributed by atoms with Crippen LogP contribution in [0.1, 0.15) is 12.5 Å². The van der Waals surface area contributed by atoms with Gasteiger partial charge in [-0.3, -0.25) is 9.78 Å². The van der Waals surface area contributed by atoms with Gasteiger partial charge in [0.15, 0.2) is 0 Å². The Morgan fingerprint density at radius 3 is 2.40 bits per heavy atom. The maximum Gasteiger partial charge on any atom is 0.321 e. The summed E-state index contributed by atoms with van der Waals surface area (Å²) in [4.78, 5) is 37.4. The van der Waals surface area contributed by atoms with Crippen LogP contribution < -0.4 is 20.9 Å². The first-order valence-corrected chi connectivity index (χ1v) is 11.2. The van der Waals surface area contributed by atoms with E-state index in [0.29, 0.717) is 23.5 Å². The lowest BCUT2D eigenvalue weighted by Crippen LogP contribution is -2.27. The molecule has 3 heterocycles. The summed E-state index contributed by atoms with van der Waals surface area (Å²) in [5.74, 6) is 0.625. The Labute approximate surface area is 204 Å². The monoisotopic (exact) mass is 471 g/mol. The summed E-state index contributed by atoms with van der Waals surface area (Å²) in [7, 11) is 7.19. The van der Waals surface area contributed by atoms with Crippen LogP contribution in [0.4, 0.5) is 27.7 Å². The molecule has 4 rings (SSSR count). The Kier molecular flexibility index (Phi) is 6.68. The van der Waals surface area contributed by atoms with E-state index in [1.807, 2.05) is 62.3 Å². The molecule has 3 aromatic rings. The van der Waals surface area contributed by atoms with Gasteiger partial charge in [-0.15, -0.1) is 0 Å². The number of hydrogen-bond acceptors (Lipinski definition) is 6. The minimum atomic E-state index is -0.232. The molecule has 0 aliphatic carbocycles. The normalized spacial score (nSPS) is 12.4. The minimum absolute atomic E-state index is 0.188. The number of aromatic nitrogens is 2. The summed E-state index contributed by atoms with van der Waals surface area (Å²) >= 11 is 0. The smallest absolute Gasteiger partial charge is 0.321 e. The summed E-state index contributed by atoms with van der Waals surface area (Å²) in [5, 5.41) is 9.17. The zero-order valence-corrected chi connectivity index (χ0v) is 20.5. The number of carbonyl (C=O) groups excluding carboxylic acids is 2. The molecular weight excluding hydrogens is 442 g/mol. The average molecular weight is 472 g/mol. The van der Waals surface area contributed by atoms with Crippen LogP contribution in [-0.2, 0) is 4.79 Å². The third kappa shape index (κ3) is 5.24. The summed E-state index contributed by atoms with van der Waals surface area (Å²) in [6.07, 6.45) is 4.99. The largest absolute Gasteiger partial charge is 0.381 e. The maximum absolute atomic E-state index is 13.3. The van der Waals surface area contributed by atoms with Crippen LogP contribution in [0.2, 0.25) is 0 Å². The highest BCUT2D eigenvalue weighted by atomic mass is 16.2. The molecular formula is C26H29N7O2. The van der Waals surface area contributed by atoms with E-state index in [2.05, 4.69) is 25.9 Å². The molecule has 0 saturated heterocycles. The average Bonchev–Trinajstić information content (AvgIpc) is 2.84. The number of amides is 3. The fraction of sp³-hybridized carbons (Fsp3) is 0.231. The zero-order valence-electron chi connectivity index (χ0n) is 20.5. The molecule has 0 bridgehead atoms. The van der Waals surface area contributed by atoms with Crippen molar-refractivity contribution in [2.75, 3.05) is 55.6 Å². The molecule has 35 heavy (non-hydrogen) atoms. The van der Waals surface area contributed by atoms with Crippen LogP contribution in [0.25, 0.3) is 16.7 Å². The first-order valence-electron chi connectivity index (χ1n) is 11.2. The van der Waals surface area contributed by atoms with Crippen LogP contribution >= 0.6 is 0 Å². The number of nitrogens with one attached hydrogen (secondary N) is 3. The summed E-state index contributed by atoms with van der Waals surface area (Å²) in [6.45, 7) is 2.53. The van der Waals surface area contributed by atoms with Gasteiger partial charge in [-0.2, -0.15) is 0 Å². The molecule has 0 spiro atoms. The molecule has 0 radical (unpaired) electrons. The van der Waals surface area contributed by atoms with Crippen molar-refractivity contribution < 1.29 is 9.59 Å². The first-order chi connectivity index (χ1) is 16.7. The Balaban J connectivity index is 1.63. The van der Waals surface area contributed by atoms with E-state index in [-0.39, 0.29) is 11.9 Å². The fourth-order valence-electron chi connectivity index (χ4n) is 3.77. The van der Waals surface area contributed by atoms with Crippen molar-refractivity contribution in [3.63, 3.8) is 0 Å². The second kappa shape index (κ2) is 9.84. The second-order valence-corrected chi connectivity index (χ2v) is 8.81. The van der Waals surface area contributed by atoms with Crippen molar-refractivity contribution >= 4 is 40.4 Å². The number of nitrogens with zero attached hydrogens (tertiary/aromatic N) is 4. The van der Waals surface area contributed by atoms with Gasteiger partial charge in [0.2, 0.25) is 0 Å². The van der Waals surface area contributed by atoms with Crippen LogP contribution in [-0.4, -0.2) is 61.5 Å². The summed E-state index contributed by atoms with van der Waals surface area (Å²) in [5.41, 5.74) is 6.20. The van der Waals surface area contributed by atoms with E-state index in [9.17, 15) is 9.59 Å². The van der Waals surface area contributed by atoms with Gasteiger partial charge in [-0.25, -0.2) is 9.78 Å². The first kappa shape index (κ1) is 23.7. The lowest BCUT2D eigenvalue weighted by Gasteiger charge is -2.23. The lowest BCUT2D eigenvalue weighted by atomic mass is 9.91. The quantitative estimate of drug-likeness (QED) is 0.517. The number of rotatable bonds is 5. The summed E-state index contributed by atoms with van der Waals surface area (Å²) in [6, 6.07) is 11.2. The van der Waals surface area contributed by atoms with Gasteiger partial charge in [0.1, 0.15) is 5.82 Å². The van der Waals surface area contributed by atoms with E-state index in [4.69, 9.17) is 0 Å². The Morgan fingerprint density at radius 2 is 1.71 bits per heavy atom. The Hall–Kier alpha value is -4.40. The topological polar surface area (TPSA) is 102 Å². The second-order valence-electron chi connectivity index (χ2n) is 8.81. The predicted octanol–water partition coefficient (Wildman–Crippen LogP) is 4.14. The van der Waals surface area contributed by atoms with Gasteiger partial charge in [-0.05, 0) is 48.4 Å². The Morgan fingerprint density at radius 1 is 0.914 bits per heavy atom. The highest BCUT2D eigenvalue weighted by molar-refractivity contribution is 6.27. The van der Waals surface area contributed by atoms with Crippen LogP contribution in [0.15, 0.2) is 60.6 Å². The van der Waals surface area contributed by atoms with Crippen LogP contribution in [0.5, 0.6) is 0 Å². The number of anilines is 4. The molecule has 3 amide bonds. The molecule has 1 aromatic carbocycles. The fourth-order valence-corrected chi connectivity index (χ4v) is 3.77. The Bertz CT molecular complexity index is 1300. The number of fused-ring (bicyclic) bond motifs is 1. The zero-order chi connectivity index (χ0) is 25.1. The predicted molar refractivity (Wildman–Crippen MR) is 141 cm³/mol. The molecule has 0 atom stereocenters. The summed E-state index contributed by atoms with van der Waals surface area (Å²) < 4.78 is 0. The highest BCUT2D eigenvalue weighted by Gasteiger charge is 2.23. The van der Waals surface area contributed by atoms with E-state index >= 15 is 0 Å². The van der Waals surface area contributed by atoms with Gasteiger partial charge >= 0.3 is 6.03 Å². The molecule has 0 saturated carbocycles. The lowest BCUT2D eigenvalue weighted by molar-refractivity contribution is -0.111. The van der Waals surface area contributed by atoms with E-state index in [1.54, 1.807) is 32.7 Å². The molecule has 0 unspecified atom stereocenters. The molecule has 3 N–H and O–H groups in total. The number of pyridine rings is 2. The van der Waals surface area contributed by atoms with Crippen LogP contribution in [0.3, 0.4) is 0 Å².